The van der Waals surface area contributed by atoms with Crippen LogP contribution in [0.15, 0.2) is 24.3 Å². The van der Waals surface area contributed by atoms with Crippen molar-refractivity contribution in [2.75, 3.05) is 13.2 Å². The van der Waals surface area contributed by atoms with Gasteiger partial charge in [0.15, 0.2) is 0 Å². The minimum atomic E-state index is 0. The molecule has 1 aromatic carbocycles. The maximum Gasteiger partial charge on any atom is 0.122 e. The van der Waals surface area contributed by atoms with Gasteiger partial charge in [-0.25, -0.2) is 0 Å². The van der Waals surface area contributed by atoms with Gasteiger partial charge in [0, 0.05) is 18.5 Å². The van der Waals surface area contributed by atoms with Crippen LogP contribution in [0.2, 0.25) is 0 Å². The van der Waals surface area contributed by atoms with Crippen LogP contribution in [0.1, 0.15) is 31.7 Å². The first-order valence-corrected chi connectivity index (χ1v) is 5.72. The molecule has 1 aliphatic heterocycles. The van der Waals surface area contributed by atoms with E-state index < -0.39 is 0 Å². The van der Waals surface area contributed by atoms with Crippen LogP contribution >= 0.6 is 12.4 Å². The highest BCUT2D eigenvalue weighted by atomic mass is 35.5. The highest BCUT2D eigenvalue weighted by molar-refractivity contribution is 5.85. The maximum atomic E-state index is 5.63. The molecule has 0 bridgehead atoms. The van der Waals surface area contributed by atoms with E-state index in [4.69, 9.17) is 4.74 Å². The van der Waals surface area contributed by atoms with E-state index in [9.17, 15) is 0 Å². The summed E-state index contributed by atoms with van der Waals surface area (Å²) in [7, 11) is 0. The lowest BCUT2D eigenvalue weighted by molar-refractivity contribution is 0.263. The smallest absolute Gasteiger partial charge is 0.122 e. The van der Waals surface area contributed by atoms with E-state index in [1.165, 1.54) is 5.56 Å². The molecule has 1 atom stereocenters. The number of hydrogen-bond acceptors (Lipinski definition) is 2. The van der Waals surface area contributed by atoms with E-state index in [2.05, 4.69) is 37.4 Å². The Morgan fingerprint density at radius 3 is 2.88 bits per heavy atom. The molecule has 90 valence electrons. The lowest BCUT2D eigenvalue weighted by Gasteiger charge is -2.26. The van der Waals surface area contributed by atoms with Gasteiger partial charge in [-0.15, -0.1) is 12.4 Å². The Hall–Kier alpha value is -0.730. The third-order valence-electron chi connectivity index (χ3n) is 2.86. The van der Waals surface area contributed by atoms with Gasteiger partial charge in [-0.2, -0.15) is 0 Å². The Balaban J connectivity index is 0.00000128. The quantitative estimate of drug-likeness (QED) is 0.879. The number of para-hydroxylation sites is 1. The van der Waals surface area contributed by atoms with Crippen molar-refractivity contribution < 1.29 is 4.74 Å². The van der Waals surface area contributed by atoms with Crippen molar-refractivity contribution in [3.63, 3.8) is 0 Å². The fourth-order valence-electron chi connectivity index (χ4n) is 2.01. The highest BCUT2D eigenvalue weighted by Gasteiger charge is 2.20. The summed E-state index contributed by atoms with van der Waals surface area (Å²) in [5, 5.41) is 3.50. The van der Waals surface area contributed by atoms with Gasteiger partial charge < -0.3 is 10.1 Å². The Morgan fingerprint density at radius 1 is 1.38 bits per heavy atom. The number of hydrogen-bond donors (Lipinski definition) is 1. The van der Waals surface area contributed by atoms with E-state index >= 15 is 0 Å². The molecule has 16 heavy (non-hydrogen) atoms. The third kappa shape index (κ3) is 3.13. The summed E-state index contributed by atoms with van der Waals surface area (Å²) >= 11 is 0. The largest absolute Gasteiger partial charge is 0.493 e. The summed E-state index contributed by atoms with van der Waals surface area (Å²) in [6.07, 6.45) is 1.12. The van der Waals surface area contributed by atoms with E-state index in [0.717, 1.165) is 25.3 Å². The second-order valence-electron chi connectivity index (χ2n) is 4.43. The molecule has 0 saturated heterocycles. The van der Waals surface area contributed by atoms with E-state index in [0.29, 0.717) is 12.0 Å². The summed E-state index contributed by atoms with van der Waals surface area (Å²) in [6, 6.07) is 8.94. The van der Waals surface area contributed by atoms with Crippen molar-refractivity contribution in [3.05, 3.63) is 29.8 Å². The first-order valence-electron chi connectivity index (χ1n) is 5.72. The first-order chi connectivity index (χ1) is 7.27. The van der Waals surface area contributed by atoms with Crippen LogP contribution < -0.4 is 10.1 Å². The molecule has 0 radical (unpaired) electrons. The molecule has 3 heteroatoms. The number of benzene rings is 1. The predicted molar refractivity (Wildman–Crippen MR) is 69.7 cm³/mol. The molecular formula is C13H20ClNO. The van der Waals surface area contributed by atoms with Gasteiger partial charge in [-0.3, -0.25) is 0 Å². The lowest BCUT2D eigenvalue weighted by atomic mass is 9.93. The summed E-state index contributed by atoms with van der Waals surface area (Å²) < 4.78 is 5.63. The Kier molecular flexibility index (Phi) is 5.10. The Morgan fingerprint density at radius 2 is 2.12 bits per heavy atom. The zero-order valence-corrected chi connectivity index (χ0v) is 10.7. The molecule has 0 aromatic heterocycles. The van der Waals surface area contributed by atoms with Crippen LogP contribution in [0.3, 0.4) is 0 Å². The average Bonchev–Trinajstić information content (AvgIpc) is 2.26. The summed E-state index contributed by atoms with van der Waals surface area (Å²) in [4.78, 5) is 0. The molecule has 0 saturated carbocycles. The molecular weight excluding hydrogens is 222 g/mol. The summed E-state index contributed by atoms with van der Waals surface area (Å²) in [6.45, 7) is 6.27. The van der Waals surface area contributed by atoms with Crippen molar-refractivity contribution >= 4 is 12.4 Å². The minimum Gasteiger partial charge on any atom is -0.493 e. The molecule has 1 aromatic rings. The normalized spacial score (nSPS) is 18.6. The number of rotatable bonds is 3. The van der Waals surface area contributed by atoms with Crippen LogP contribution in [0, 0.1) is 0 Å². The average molecular weight is 242 g/mol. The fourth-order valence-corrected chi connectivity index (χ4v) is 2.01. The van der Waals surface area contributed by atoms with Gasteiger partial charge in [0.2, 0.25) is 0 Å². The Bertz CT molecular complexity index is 327. The molecule has 1 unspecified atom stereocenters. The summed E-state index contributed by atoms with van der Waals surface area (Å²) in [5.41, 5.74) is 1.36. The zero-order valence-electron chi connectivity index (χ0n) is 9.90. The van der Waals surface area contributed by atoms with Crippen molar-refractivity contribution in [1.29, 1.82) is 0 Å². The molecule has 0 amide bonds. The molecule has 2 rings (SSSR count). The monoisotopic (exact) mass is 241 g/mol. The van der Waals surface area contributed by atoms with Gasteiger partial charge in [-0.05, 0) is 18.1 Å². The van der Waals surface area contributed by atoms with Crippen LogP contribution in [-0.2, 0) is 0 Å². The molecule has 1 heterocycles. The number of fused-ring (bicyclic) bond motifs is 1. The van der Waals surface area contributed by atoms with E-state index in [1.54, 1.807) is 0 Å². The second kappa shape index (κ2) is 6.12. The molecule has 1 N–H and O–H groups in total. The van der Waals surface area contributed by atoms with Crippen molar-refractivity contribution in [3.8, 4) is 5.75 Å². The van der Waals surface area contributed by atoms with Crippen molar-refractivity contribution in [2.24, 2.45) is 0 Å². The maximum absolute atomic E-state index is 5.63. The number of ether oxygens (including phenoxy) is 1. The van der Waals surface area contributed by atoms with Crippen molar-refractivity contribution in [2.45, 2.75) is 32.2 Å². The van der Waals surface area contributed by atoms with Gasteiger partial charge in [0.25, 0.3) is 0 Å². The minimum absolute atomic E-state index is 0. The van der Waals surface area contributed by atoms with Gasteiger partial charge in [0.1, 0.15) is 5.75 Å². The standard InChI is InChI=1S/C13H19NO.ClH/c1-10(2)14-9-11-7-8-15-13-6-4-3-5-12(11)13;/h3-6,10-11,14H,7-9H2,1-2H3;1H. The SMILES string of the molecule is CC(C)NCC1CCOc2ccccc21.Cl. The zero-order chi connectivity index (χ0) is 10.7. The summed E-state index contributed by atoms with van der Waals surface area (Å²) in [5.74, 6) is 1.68. The van der Waals surface area contributed by atoms with Crippen LogP contribution in [0.4, 0.5) is 0 Å². The van der Waals surface area contributed by atoms with Crippen molar-refractivity contribution in [1.82, 2.24) is 5.32 Å². The first kappa shape index (κ1) is 13.3. The van der Waals surface area contributed by atoms with Crippen LogP contribution in [-0.4, -0.2) is 19.2 Å². The predicted octanol–water partition coefficient (Wildman–Crippen LogP) is 2.97. The molecule has 0 fully saturated rings. The topological polar surface area (TPSA) is 21.3 Å². The number of halogens is 1. The fraction of sp³-hybridized carbons (Fsp3) is 0.538. The van der Waals surface area contributed by atoms with Gasteiger partial charge >= 0.3 is 0 Å². The van der Waals surface area contributed by atoms with E-state index in [1.807, 2.05) is 6.07 Å². The second-order valence-corrected chi connectivity index (χ2v) is 4.43. The molecule has 2 nitrogen and oxygen atoms in total. The van der Waals surface area contributed by atoms with Gasteiger partial charge in [0.05, 0.1) is 6.61 Å². The molecule has 1 aliphatic rings. The molecule has 0 spiro atoms. The lowest BCUT2D eigenvalue weighted by Crippen LogP contribution is -2.30. The highest BCUT2D eigenvalue weighted by Crippen LogP contribution is 2.32. The van der Waals surface area contributed by atoms with E-state index in [-0.39, 0.29) is 12.4 Å². The van der Waals surface area contributed by atoms with Gasteiger partial charge in [-0.1, -0.05) is 32.0 Å². The molecule has 0 aliphatic carbocycles. The van der Waals surface area contributed by atoms with Crippen LogP contribution in [0.5, 0.6) is 5.75 Å². The Labute approximate surface area is 104 Å². The number of nitrogens with one attached hydrogen (secondary N) is 1. The van der Waals surface area contributed by atoms with Crippen LogP contribution in [0.25, 0.3) is 0 Å². The third-order valence-corrected chi connectivity index (χ3v) is 2.86.